The number of nitrogens with zero attached hydrogens (tertiary/aromatic N) is 4. The summed E-state index contributed by atoms with van der Waals surface area (Å²) in [5, 5.41) is 16.2. The highest BCUT2D eigenvalue weighted by atomic mass is 19.4. The van der Waals surface area contributed by atoms with Crippen molar-refractivity contribution < 1.29 is 27.5 Å². The lowest BCUT2D eigenvalue weighted by atomic mass is 10.2. The van der Waals surface area contributed by atoms with Gasteiger partial charge in [0, 0.05) is 6.20 Å². The Morgan fingerprint density at radius 1 is 1.12 bits per heavy atom. The number of imidazole rings is 1. The Morgan fingerprint density at radius 3 is 2.52 bits per heavy atom. The summed E-state index contributed by atoms with van der Waals surface area (Å²) in [5.41, 5.74) is -2.02. The zero-order valence-electron chi connectivity index (χ0n) is 12.2. The molecule has 0 fully saturated rings. The smallest absolute Gasteiger partial charge is 0.418 e. The van der Waals surface area contributed by atoms with E-state index < -0.39 is 34.9 Å². The summed E-state index contributed by atoms with van der Waals surface area (Å²) in [6.07, 6.45) is -3.74. The summed E-state index contributed by atoms with van der Waals surface area (Å²) in [6.45, 7) is 0. The molecule has 0 aliphatic heterocycles. The molecule has 1 aromatic carbocycles. The van der Waals surface area contributed by atoms with Gasteiger partial charge >= 0.3 is 12.1 Å². The highest BCUT2D eigenvalue weighted by molar-refractivity contribution is 5.91. The minimum atomic E-state index is -4.66. The SMILES string of the molecule is O=C(O)c1nc2ccc(F)cn2c1N=Nc1ccccc1C(F)(F)F. The van der Waals surface area contributed by atoms with E-state index in [0.717, 1.165) is 28.8 Å². The predicted molar refractivity (Wildman–Crippen MR) is 77.7 cm³/mol. The van der Waals surface area contributed by atoms with Crippen molar-refractivity contribution >= 4 is 23.1 Å². The van der Waals surface area contributed by atoms with Crippen LogP contribution in [0.1, 0.15) is 16.1 Å². The van der Waals surface area contributed by atoms with Crippen LogP contribution in [0.15, 0.2) is 52.8 Å². The van der Waals surface area contributed by atoms with Crippen molar-refractivity contribution in [1.82, 2.24) is 9.38 Å². The Kier molecular flexibility index (Phi) is 3.95. The molecule has 10 heteroatoms. The average molecular weight is 352 g/mol. The van der Waals surface area contributed by atoms with Crippen molar-refractivity contribution in [2.45, 2.75) is 6.18 Å². The van der Waals surface area contributed by atoms with E-state index in [0.29, 0.717) is 0 Å². The molecule has 2 heterocycles. The van der Waals surface area contributed by atoms with E-state index in [-0.39, 0.29) is 11.5 Å². The first-order valence-corrected chi connectivity index (χ1v) is 6.76. The maximum absolute atomic E-state index is 13.4. The third-order valence-electron chi connectivity index (χ3n) is 3.22. The fraction of sp³-hybridized carbons (Fsp3) is 0.0667. The maximum Gasteiger partial charge on any atom is 0.418 e. The molecule has 128 valence electrons. The zero-order valence-corrected chi connectivity index (χ0v) is 12.2. The van der Waals surface area contributed by atoms with Gasteiger partial charge in [0.2, 0.25) is 0 Å². The number of azo groups is 1. The van der Waals surface area contributed by atoms with Crippen LogP contribution < -0.4 is 0 Å². The summed E-state index contributed by atoms with van der Waals surface area (Å²) in [4.78, 5) is 15.0. The molecule has 0 unspecified atom stereocenters. The number of hydrogen-bond donors (Lipinski definition) is 1. The van der Waals surface area contributed by atoms with Gasteiger partial charge in [0.25, 0.3) is 0 Å². The first-order valence-electron chi connectivity index (χ1n) is 6.76. The fourth-order valence-corrected chi connectivity index (χ4v) is 2.15. The van der Waals surface area contributed by atoms with Gasteiger partial charge in [0.05, 0.1) is 11.3 Å². The number of carboxylic acids is 1. The number of alkyl halides is 3. The Labute approximate surface area is 137 Å². The molecule has 0 amide bonds. The van der Waals surface area contributed by atoms with Crippen LogP contribution in [0.25, 0.3) is 5.65 Å². The quantitative estimate of drug-likeness (QED) is 0.552. The Hall–Kier alpha value is -3.30. The Morgan fingerprint density at radius 2 is 1.84 bits per heavy atom. The number of hydrogen-bond acceptors (Lipinski definition) is 4. The topological polar surface area (TPSA) is 79.3 Å². The largest absolute Gasteiger partial charge is 0.476 e. The molecule has 2 aromatic heterocycles. The van der Waals surface area contributed by atoms with E-state index in [1.165, 1.54) is 18.2 Å². The van der Waals surface area contributed by atoms with E-state index in [9.17, 15) is 22.4 Å². The third kappa shape index (κ3) is 3.18. The highest BCUT2D eigenvalue weighted by Crippen LogP contribution is 2.37. The van der Waals surface area contributed by atoms with Crippen LogP contribution in [-0.4, -0.2) is 20.5 Å². The van der Waals surface area contributed by atoms with Crippen LogP contribution in [0.5, 0.6) is 0 Å². The molecular weight excluding hydrogens is 344 g/mol. The summed E-state index contributed by atoms with van der Waals surface area (Å²) in [7, 11) is 0. The van der Waals surface area contributed by atoms with E-state index in [1.807, 2.05) is 0 Å². The lowest BCUT2D eigenvalue weighted by Gasteiger charge is -2.08. The number of halogens is 4. The van der Waals surface area contributed by atoms with E-state index in [1.54, 1.807) is 0 Å². The minimum absolute atomic E-state index is 0.0665. The number of fused-ring (bicyclic) bond motifs is 1. The predicted octanol–water partition coefficient (Wildman–Crippen LogP) is 4.61. The van der Waals surface area contributed by atoms with Gasteiger partial charge in [0.15, 0.2) is 11.5 Å². The van der Waals surface area contributed by atoms with Gasteiger partial charge in [-0.15, -0.1) is 10.2 Å². The van der Waals surface area contributed by atoms with Crippen LogP contribution in [0, 0.1) is 5.82 Å². The second-order valence-corrected chi connectivity index (χ2v) is 4.88. The van der Waals surface area contributed by atoms with Crippen molar-refractivity contribution in [2.75, 3.05) is 0 Å². The number of aromatic carboxylic acids is 1. The van der Waals surface area contributed by atoms with Crippen molar-refractivity contribution in [3.05, 3.63) is 59.7 Å². The number of rotatable bonds is 3. The summed E-state index contributed by atoms with van der Waals surface area (Å²) < 4.78 is 53.3. The first-order chi connectivity index (χ1) is 11.8. The average Bonchev–Trinajstić information content (AvgIpc) is 2.90. The van der Waals surface area contributed by atoms with Gasteiger partial charge in [-0.25, -0.2) is 14.2 Å². The summed E-state index contributed by atoms with van der Waals surface area (Å²) in [5.74, 6) is -2.56. The molecule has 3 rings (SSSR count). The molecule has 0 aliphatic carbocycles. The molecule has 0 bridgehead atoms. The third-order valence-corrected chi connectivity index (χ3v) is 3.22. The second kappa shape index (κ2) is 5.96. The lowest BCUT2D eigenvalue weighted by molar-refractivity contribution is -0.137. The molecule has 0 saturated heterocycles. The van der Waals surface area contributed by atoms with Crippen molar-refractivity contribution in [3.8, 4) is 0 Å². The van der Waals surface area contributed by atoms with Crippen LogP contribution in [0.3, 0.4) is 0 Å². The molecule has 0 saturated carbocycles. The van der Waals surface area contributed by atoms with Crippen LogP contribution in [0.4, 0.5) is 29.1 Å². The van der Waals surface area contributed by atoms with Crippen LogP contribution in [0.2, 0.25) is 0 Å². The van der Waals surface area contributed by atoms with Crippen LogP contribution in [-0.2, 0) is 6.18 Å². The maximum atomic E-state index is 13.4. The highest BCUT2D eigenvalue weighted by Gasteiger charge is 2.33. The first kappa shape index (κ1) is 16.6. The molecule has 0 aliphatic rings. The Balaban J connectivity index is 2.15. The number of benzene rings is 1. The van der Waals surface area contributed by atoms with Crippen LogP contribution >= 0.6 is 0 Å². The molecule has 1 N–H and O–H groups in total. The van der Waals surface area contributed by atoms with Gasteiger partial charge in [-0.3, -0.25) is 4.40 Å². The molecule has 25 heavy (non-hydrogen) atoms. The van der Waals surface area contributed by atoms with Crippen molar-refractivity contribution in [1.29, 1.82) is 0 Å². The Bertz CT molecular complexity index is 995. The molecule has 0 radical (unpaired) electrons. The standard InChI is InChI=1S/C15H8F4N4O2/c16-8-5-6-11-20-12(14(24)25)13(23(11)7-8)22-21-10-4-2-1-3-9(10)15(17,18)19/h1-7H,(H,24,25). The number of aromatic nitrogens is 2. The monoisotopic (exact) mass is 352 g/mol. The van der Waals surface area contributed by atoms with Gasteiger partial charge in [-0.05, 0) is 24.3 Å². The van der Waals surface area contributed by atoms with E-state index >= 15 is 0 Å². The number of carbonyl (C=O) groups is 1. The summed E-state index contributed by atoms with van der Waals surface area (Å²) >= 11 is 0. The second-order valence-electron chi connectivity index (χ2n) is 4.88. The molecule has 6 nitrogen and oxygen atoms in total. The van der Waals surface area contributed by atoms with Gasteiger partial charge in [-0.2, -0.15) is 13.2 Å². The molecule has 0 spiro atoms. The van der Waals surface area contributed by atoms with Crippen molar-refractivity contribution in [3.63, 3.8) is 0 Å². The normalized spacial score (nSPS) is 12.2. The van der Waals surface area contributed by atoms with E-state index in [4.69, 9.17) is 5.11 Å². The molecular formula is C15H8F4N4O2. The van der Waals surface area contributed by atoms with E-state index in [2.05, 4.69) is 15.2 Å². The fourth-order valence-electron chi connectivity index (χ4n) is 2.15. The molecule has 3 aromatic rings. The van der Waals surface area contributed by atoms with Crippen molar-refractivity contribution in [2.24, 2.45) is 10.2 Å². The van der Waals surface area contributed by atoms with Gasteiger partial charge in [-0.1, -0.05) is 12.1 Å². The van der Waals surface area contributed by atoms with Gasteiger partial charge in [0.1, 0.15) is 11.5 Å². The lowest BCUT2D eigenvalue weighted by Crippen LogP contribution is -2.04. The van der Waals surface area contributed by atoms with Gasteiger partial charge < -0.3 is 5.11 Å². The minimum Gasteiger partial charge on any atom is -0.476 e. The number of pyridine rings is 1. The molecule has 0 atom stereocenters. The number of carboxylic acid groups (broad SMARTS) is 1. The summed E-state index contributed by atoms with van der Waals surface area (Å²) in [6, 6.07) is 6.69. The zero-order chi connectivity index (χ0) is 18.2.